The zero-order valence-corrected chi connectivity index (χ0v) is 43.4. The molecule has 0 fully saturated rings. The molecule has 8 aromatic rings. The van der Waals surface area contributed by atoms with Gasteiger partial charge in [-0.1, -0.05) is 146 Å². The average molecular weight is 1010 g/mol. The summed E-state index contributed by atoms with van der Waals surface area (Å²) in [5.41, 5.74) is 14.5. The predicted octanol–water partition coefficient (Wildman–Crippen LogP) is 14.2. The second-order valence-electron chi connectivity index (χ2n) is 21.0. The van der Waals surface area contributed by atoms with Crippen molar-refractivity contribution in [2.45, 2.75) is 103 Å². The molecule has 12 rings (SSSR count). The van der Waals surface area contributed by atoms with Crippen LogP contribution in [0.4, 0.5) is 0 Å². The van der Waals surface area contributed by atoms with E-state index in [1.54, 1.807) is 0 Å². The number of rotatable bonds is 0. The predicted molar refractivity (Wildman–Crippen MR) is 300 cm³/mol. The van der Waals surface area contributed by atoms with E-state index in [0.29, 0.717) is 77.8 Å². The van der Waals surface area contributed by atoms with Crippen LogP contribution in [0.2, 0.25) is 0 Å². The summed E-state index contributed by atoms with van der Waals surface area (Å²) in [5, 5.41) is 48.0. The van der Waals surface area contributed by atoms with E-state index in [0.717, 1.165) is 163 Å². The van der Waals surface area contributed by atoms with Crippen molar-refractivity contribution in [2.24, 2.45) is 0 Å². The van der Waals surface area contributed by atoms with Crippen LogP contribution in [0.3, 0.4) is 0 Å². The topological polar surface area (TPSA) is 118 Å². The first-order valence-electron chi connectivity index (χ1n) is 27.5. The minimum Gasteiger partial charge on any atom is -0.507 e. The number of hydrogen-bond donors (Lipinski definition) is 4. The minimum atomic E-state index is 0.285. The van der Waals surface area contributed by atoms with E-state index in [1.807, 2.05) is 72.8 Å². The summed E-state index contributed by atoms with van der Waals surface area (Å²) in [5.74, 6) is 4.33. The number of aromatic hydroxyl groups is 4. The van der Waals surface area contributed by atoms with E-state index in [4.69, 9.17) is 18.9 Å². The molecule has 4 N–H and O–H groups in total. The molecular weight excluding hydrogens is 945 g/mol. The lowest BCUT2D eigenvalue weighted by Gasteiger charge is -2.21. The van der Waals surface area contributed by atoms with E-state index in [1.165, 1.54) is 0 Å². The maximum Gasteiger partial charge on any atom is 0.126 e. The summed E-state index contributed by atoms with van der Waals surface area (Å²) in [6.45, 7) is 2.05. The molecule has 20 bridgehead atoms. The number of ether oxygens (including phenoxy) is 4. The molecule has 8 nitrogen and oxygen atoms in total. The Morgan fingerprint density at radius 2 is 0.342 bits per heavy atom. The average Bonchev–Trinajstić information content (AvgIpc) is 3.43. The van der Waals surface area contributed by atoms with Gasteiger partial charge in [0, 0.05) is 51.4 Å². The fourth-order valence-corrected chi connectivity index (χ4v) is 11.6. The smallest absolute Gasteiger partial charge is 0.126 e. The van der Waals surface area contributed by atoms with Gasteiger partial charge in [-0.05, 0) is 140 Å². The number of benzene rings is 8. The Bertz CT molecular complexity index is 2740. The third kappa shape index (κ3) is 11.2. The highest BCUT2D eigenvalue weighted by Gasteiger charge is 2.23. The van der Waals surface area contributed by atoms with Crippen LogP contribution < -0.4 is 18.9 Å². The summed E-state index contributed by atoms with van der Waals surface area (Å²) in [6.07, 6.45) is 10.9. The SMILES string of the molecule is Oc1c2cccc1Cc1cccc3c1OCCCCCCOc1c4cccc1Cc1cccc(c1O)Cc1cccc(c1OCCCCCCOc1c(cccc1Cc1cccc(c1O)C3)C2)Cc1cccc(c1O)C4. The molecule has 4 aliphatic rings. The monoisotopic (exact) mass is 1010 g/mol. The van der Waals surface area contributed by atoms with Gasteiger partial charge in [-0.2, -0.15) is 0 Å². The molecule has 0 saturated carbocycles. The van der Waals surface area contributed by atoms with Crippen molar-refractivity contribution in [3.63, 3.8) is 0 Å². The molecular formula is C68H68O8. The quantitative estimate of drug-likeness (QED) is 0.119. The Morgan fingerprint density at radius 1 is 0.197 bits per heavy atom. The minimum absolute atomic E-state index is 0.285. The van der Waals surface area contributed by atoms with Gasteiger partial charge in [-0.25, -0.2) is 0 Å². The van der Waals surface area contributed by atoms with Crippen molar-refractivity contribution in [3.05, 3.63) is 235 Å². The van der Waals surface area contributed by atoms with Crippen molar-refractivity contribution in [1.29, 1.82) is 0 Å². The van der Waals surface area contributed by atoms with Crippen molar-refractivity contribution in [3.8, 4) is 46.0 Å². The first-order chi connectivity index (χ1) is 37.3. The third-order valence-electron chi connectivity index (χ3n) is 15.6. The molecule has 0 radical (unpaired) electrons. The number of hydrogen-bond acceptors (Lipinski definition) is 8. The first kappa shape index (κ1) is 50.3. The highest BCUT2D eigenvalue weighted by molar-refractivity contribution is 5.58. The van der Waals surface area contributed by atoms with Crippen molar-refractivity contribution >= 4 is 0 Å². The van der Waals surface area contributed by atoms with Crippen LogP contribution in [0.15, 0.2) is 146 Å². The zero-order chi connectivity index (χ0) is 51.8. The summed E-state index contributed by atoms with van der Waals surface area (Å²) in [6, 6.07) is 49.1. The van der Waals surface area contributed by atoms with Gasteiger partial charge in [0.15, 0.2) is 0 Å². The lowest BCUT2D eigenvalue weighted by atomic mass is 9.91. The van der Waals surface area contributed by atoms with Crippen LogP contribution in [-0.2, 0) is 51.4 Å². The summed E-state index contributed by atoms with van der Waals surface area (Å²) < 4.78 is 27.2. The highest BCUT2D eigenvalue weighted by atomic mass is 16.5. The van der Waals surface area contributed by atoms with Crippen molar-refractivity contribution in [1.82, 2.24) is 0 Å². The second-order valence-corrected chi connectivity index (χ2v) is 21.0. The second kappa shape index (κ2) is 23.4. The van der Waals surface area contributed by atoms with Gasteiger partial charge < -0.3 is 39.4 Å². The molecule has 2 aliphatic carbocycles. The molecule has 388 valence electrons. The Labute approximate surface area is 447 Å². The fourth-order valence-electron chi connectivity index (χ4n) is 11.6. The van der Waals surface area contributed by atoms with E-state index in [2.05, 4.69) is 72.8 Å². The van der Waals surface area contributed by atoms with E-state index in [9.17, 15) is 20.4 Å². The van der Waals surface area contributed by atoms with Crippen LogP contribution in [0, 0.1) is 0 Å². The summed E-state index contributed by atoms with van der Waals surface area (Å²) in [4.78, 5) is 0. The number of para-hydroxylation sites is 8. The van der Waals surface area contributed by atoms with E-state index < -0.39 is 0 Å². The Kier molecular flexibility index (Phi) is 15.5. The van der Waals surface area contributed by atoms with E-state index in [-0.39, 0.29) is 23.0 Å². The molecule has 8 heteroatoms. The lowest BCUT2D eigenvalue weighted by Crippen LogP contribution is -2.08. The lowest BCUT2D eigenvalue weighted by molar-refractivity contribution is 0.282. The van der Waals surface area contributed by atoms with Gasteiger partial charge in [-0.3, -0.25) is 0 Å². The molecule has 8 aromatic carbocycles. The maximum atomic E-state index is 12.0. The van der Waals surface area contributed by atoms with Crippen LogP contribution >= 0.6 is 0 Å². The fraction of sp³-hybridized carbons (Fsp3) is 0.294. The number of phenolic OH excluding ortho intramolecular Hbond substituents is 4. The van der Waals surface area contributed by atoms with Gasteiger partial charge in [0.25, 0.3) is 0 Å². The molecule has 0 aromatic heterocycles. The van der Waals surface area contributed by atoms with Crippen molar-refractivity contribution in [2.75, 3.05) is 26.4 Å². The van der Waals surface area contributed by atoms with Crippen molar-refractivity contribution < 1.29 is 39.4 Å². The van der Waals surface area contributed by atoms with Gasteiger partial charge >= 0.3 is 0 Å². The molecule has 76 heavy (non-hydrogen) atoms. The molecule has 0 amide bonds. The molecule has 0 saturated heterocycles. The first-order valence-corrected chi connectivity index (χ1v) is 27.5. The Morgan fingerprint density at radius 3 is 0.500 bits per heavy atom. The van der Waals surface area contributed by atoms with Crippen LogP contribution in [0.25, 0.3) is 0 Å². The number of phenols is 4. The van der Waals surface area contributed by atoms with Gasteiger partial charge in [0.05, 0.1) is 26.4 Å². The Balaban J connectivity index is 0.934. The highest BCUT2D eigenvalue weighted by Crippen LogP contribution is 2.41. The van der Waals surface area contributed by atoms with Crippen LogP contribution in [0.5, 0.6) is 46.0 Å². The normalized spacial score (nSPS) is 15.5. The zero-order valence-electron chi connectivity index (χ0n) is 43.4. The maximum absolute atomic E-state index is 12.0. The summed E-state index contributed by atoms with van der Waals surface area (Å²) in [7, 11) is 0. The molecule has 0 spiro atoms. The molecule has 2 heterocycles. The van der Waals surface area contributed by atoms with Gasteiger partial charge in [-0.15, -0.1) is 0 Å². The van der Waals surface area contributed by atoms with E-state index >= 15 is 0 Å². The molecule has 0 unspecified atom stereocenters. The largest absolute Gasteiger partial charge is 0.507 e. The number of fused-ring (bicyclic) bond motifs is 16. The van der Waals surface area contributed by atoms with Gasteiger partial charge in [0.2, 0.25) is 0 Å². The third-order valence-corrected chi connectivity index (χ3v) is 15.6. The van der Waals surface area contributed by atoms with Crippen LogP contribution in [-0.4, -0.2) is 46.9 Å². The standard InChI is InChI=1S/C68H68O8/c69-61-45-17-9-21-49(61)41-57-29-15-30-58-42-50-22-10-18-46(62(50)70)38-54-26-13-25-53(37-45)65(54)73-33-5-1-2-6-34-74-66-55-27-14-28-56(66)40-48-20-12-24-52(64(48)72)44-60-32-16-31-59(43-51-23-11-19-47(39-55)63(51)71)68(60)76-36-8-4-3-7-35-75-67(57)58/h9-32,69-72H,1-8,33-44H2. The van der Waals surface area contributed by atoms with Gasteiger partial charge in [0.1, 0.15) is 46.0 Å². The van der Waals surface area contributed by atoms with Crippen LogP contribution in [0.1, 0.15) is 140 Å². The molecule has 0 atom stereocenters. The summed E-state index contributed by atoms with van der Waals surface area (Å²) >= 11 is 0. The molecule has 2 aliphatic heterocycles. The Hall–Kier alpha value is -7.84.